The van der Waals surface area contributed by atoms with E-state index in [0.29, 0.717) is 43.2 Å². The molecule has 1 saturated heterocycles. The van der Waals surface area contributed by atoms with Crippen LogP contribution >= 0.6 is 0 Å². The maximum Gasteiger partial charge on any atom is 0.273 e. The van der Waals surface area contributed by atoms with E-state index in [4.69, 9.17) is 0 Å². The Balaban J connectivity index is 1.42. The molecule has 2 aliphatic rings. The van der Waals surface area contributed by atoms with Gasteiger partial charge in [0.2, 0.25) is 0 Å². The van der Waals surface area contributed by atoms with Crippen molar-refractivity contribution in [1.82, 2.24) is 15.1 Å². The lowest BCUT2D eigenvalue weighted by atomic mass is 10.1. The van der Waals surface area contributed by atoms with Crippen LogP contribution in [0.3, 0.4) is 0 Å². The van der Waals surface area contributed by atoms with Gasteiger partial charge in [-0.1, -0.05) is 6.07 Å². The third-order valence-electron chi connectivity index (χ3n) is 5.29. The van der Waals surface area contributed by atoms with Crippen LogP contribution in [0, 0.1) is 17.0 Å². The van der Waals surface area contributed by atoms with Crippen LogP contribution in [0.5, 0.6) is 0 Å². The van der Waals surface area contributed by atoms with Gasteiger partial charge < -0.3 is 9.80 Å². The number of piperazine rings is 1. The number of aromatic nitrogens is 2. The lowest BCUT2D eigenvalue weighted by molar-refractivity contribution is -0.385. The first-order valence-electron chi connectivity index (χ1n) is 9.16. The summed E-state index contributed by atoms with van der Waals surface area (Å²) in [5.74, 6) is 1.25. The van der Waals surface area contributed by atoms with Crippen LogP contribution in [0.15, 0.2) is 30.3 Å². The minimum absolute atomic E-state index is 0.0227. The summed E-state index contributed by atoms with van der Waals surface area (Å²) >= 11 is 0. The number of rotatable bonds is 4. The SMILES string of the molecule is Cc1c(C(=O)N2CCN(c3ccc(C4CC4)nn3)CC2)cccc1[N+](=O)[O-]. The van der Waals surface area contributed by atoms with Gasteiger partial charge in [-0.2, -0.15) is 5.10 Å². The van der Waals surface area contributed by atoms with E-state index in [0.717, 1.165) is 11.5 Å². The number of carbonyl (C=O) groups excluding carboxylic acids is 1. The van der Waals surface area contributed by atoms with Crippen LogP contribution in [0.2, 0.25) is 0 Å². The summed E-state index contributed by atoms with van der Waals surface area (Å²) in [4.78, 5) is 27.3. The van der Waals surface area contributed by atoms with Crippen molar-refractivity contribution in [2.75, 3.05) is 31.1 Å². The minimum Gasteiger partial charge on any atom is -0.352 e. The molecule has 1 amide bonds. The zero-order chi connectivity index (χ0) is 19.0. The summed E-state index contributed by atoms with van der Waals surface area (Å²) in [6, 6.07) is 8.69. The molecule has 1 aromatic heterocycles. The Hall–Kier alpha value is -3.03. The number of nitro benzene ring substituents is 1. The topological polar surface area (TPSA) is 92.5 Å². The van der Waals surface area contributed by atoms with Crippen molar-refractivity contribution in [1.29, 1.82) is 0 Å². The van der Waals surface area contributed by atoms with E-state index < -0.39 is 4.92 Å². The molecule has 8 heteroatoms. The second-order valence-electron chi connectivity index (χ2n) is 7.08. The molecule has 0 spiro atoms. The molecule has 2 fully saturated rings. The normalized spacial score (nSPS) is 17.1. The number of amides is 1. The smallest absolute Gasteiger partial charge is 0.273 e. The second-order valence-corrected chi connectivity index (χ2v) is 7.08. The molecular weight excluding hydrogens is 346 g/mol. The van der Waals surface area contributed by atoms with Crippen molar-refractivity contribution >= 4 is 17.4 Å². The Kier molecular flexibility index (Phi) is 4.47. The van der Waals surface area contributed by atoms with Crippen molar-refractivity contribution < 1.29 is 9.72 Å². The Morgan fingerprint density at radius 3 is 2.44 bits per heavy atom. The van der Waals surface area contributed by atoms with Crippen molar-refractivity contribution in [2.45, 2.75) is 25.7 Å². The Morgan fingerprint density at radius 1 is 1.11 bits per heavy atom. The standard InChI is InChI=1S/C19H21N5O3/c1-13-15(3-2-4-17(13)24(26)27)19(25)23-11-9-22(10-12-23)18-8-7-16(20-21-18)14-5-6-14/h2-4,7-8,14H,5-6,9-12H2,1H3. The summed E-state index contributed by atoms with van der Waals surface area (Å²) in [5.41, 5.74) is 1.85. The van der Waals surface area contributed by atoms with E-state index in [1.807, 2.05) is 12.1 Å². The van der Waals surface area contributed by atoms with E-state index in [1.165, 1.54) is 18.9 Å². The third-order valence-corrected chi connectivity index (χ3v) is 5.29. The highest BCUT2D eigenvalue weighted by Crippen LogP contribution is 2.38. The molecular formula is C19H21N5O3. The molecule has 0 N–H and O–H groups in total. The van der Waals surface area contributed by atoms with E-state index in [-0.39, 0.29) is 11.6 Å². The predicted molar refractivity (Wildman–Crippen MR) is 100.0 cm³/mol. The minimum atomic E-state index is -0.450. The molecule has 27 heavy (non-hydrogen) atoms. The van der Waals surface area contributed by atoms with Gasteiger partial charge in [0.25, 0.3) is 11.6 Å². The average Bonchev–Trinajstić information content (AvgIpc) is 3.53. The van der Waals surface area contributed by atoms with Gasteiger partial charge in [-0.05, 0) is 38.0 Å². The van der Waals surface area contributed by atoms with E-state index in [1.54, 1.807) is 24.0 Å². The number of hydrogen-bond donors (Lipinski definition) is 0. The van der Waals surface area contributed by atoms with Crippen molar-refractivity contribution in [2.24, 2.45) is 0 Å². The van der Waals surface area contributed by atoms with Gasteiger partial charge in [0.05, 0.1) is 10.6 Å². The summed E-state index contributed by atoms with van der Waals surface area (Å²) in [5, 5.41) is 19.8. The monoisotopic (exact) mass is 367 g/mol. The molecule has 2 aromatic rings. The molecule has 2 heterocycles. The Labute approximate surface area is 157 Å². The lowest BCUT2D eigenvalue weighted by Crippen LogP contribution is -2.49. The molecule has 8 nitrogen and oxygen atoms in total. The molecule has 140 valence electrons. The van der Waals surface area contributed by atoms with Gasteiger partial charge in [0.1, 0.15) is 0 Å². The first kappa shape index (κ1) is 17.4. The van der Waals surface area contributed by atoms with E-state index in [9.17, 15) is 14.9 Å². The molecule has 1 aromatic carbocycles. The second kappa shape index (κ2) is 6.94. The fraction of sp³-hybridized carbons (Fsp3) is 0.421. The van der Waals surface area contributed by atoms with E-state index in [2.05, 4.69) is 15.1 Å². The number of anilines is 1. The fourth-order valence-electron chi connectivity index (χ4n) is 3.46. The lowest BCUT2D eigenvalue weighted by Gasteiger charge is -2.35. The maximum absolute atomic E-state index is 12.8. The molecule has 0 bridgehead atoms. The largest absolute Gasteiger partial charge is 0.352 e. The van der Waals surface area contributed by atoms with Gasteiger partial charge in [0.15, 0.2) is 5.82 Å². The van der Waals surface area contributed by atoms with Crippen LogP contribution in [0.25, 0.3) is 0 Å². The first-order chi connectivity index (χ1) is 13.0. The summed E-state index contributed by atoms with van der Waals surface area (Å²) < 4.78 is 0. The fourth-order valence-corrected chi connectivity index (χ4v) is 3.46. The van der Waals surface area contributed by atoms with Gasteiger partial charge >= 0.3 is 0 Å². The van der Waals surface area contributed by atoms with Crippen LogP contribution < -0.4 is 4.90 Å². The van der Waals surface area contributed by atoms with Gasteiger partial charge in [-0.3, -0.25) is 14.9 Å². The molecule has 1 aliphatic carbocycles. The highest BCUT2D eigenvalue weighted by molar-refractivity contribution is 5.96. The Bertz CT molecular complexity index is 871. The van der Waals surface area contributed by atoms with Crippen molar-refractivity contribution in [3.8, 4) is 0 Å². The molecule has 4 rings (SSSR count). The predicted octanol–water partition coefficient (Wildman–Crippen LogP) is 2.53. The van der Waals surface area contributed by atoms with Crippen molar-refractivity contribution in [3.63, 3.8) is 0 Å². The summed E-state index contributed by atoms with van der Waals surface area (Å²) in [7, 11) is 0. The maximum atomic E-state index is 12.8. The number of benzene rings is 1. The molecule has 0 unspecified atom stereocenters. The third kappa shape index (κ3) is 3.47. The highest BCUT2D eigenvalue weighted by Gasteiger charge is 2.28. The summed E-state index contributed by atoms with van der Waals surface area (Å²) in [6.07, 6.45) is 2.40. The molecule has 1 saturated carbocycles. The first-order valence-corrected chi connectivity index (χ1v) is 9.16. The van der Waals surface area contributed by atoms with Crippen LogP contribution in [0.4, 0.5) is 11.5 Å². The van der Waals surface area contributed by atoms with Gasteiger partial charge in [-0.15, -0.1) is 5.10 Å². The zero-order valence-corrected chi connectivity index (χ0v) is 15.2. The zero-order valence-electron chi connectivity index (χ0n) is 15.2. The van der Waals surface area contributed by atoms with Crippen LogP contribution in [-0.4, -0.2) is 52.1 Å². The number of nitrogens with zero attached hydrogens (tertiary/aromatic N) is 5. The van der Waals surface area contributed by atoms with Crippen LogP contribution in [-0.2, 0) is 0 Å². The number of hydrogen-bond acceptors (Lipinski definition) is 6. The molecule has 0 atom stereocenters. The highest BCUT2D eigenvalue weighted by atomic mass is 16.6. The molecule has 0 radical (unpaired) electrons. The number of nitro groups is 1. The average molecular weight is 367 g/mol. The molecule has 1 aliphatic heterocycles. The van der Waals surface area contributed by atoms with Gasteiger partial charge in [-0.25, -0.2) is 0 Å². The number of carbonyl (C=O) groups is 1. The quantitative estimate of drug-likeness (QED) is 0.609. The summed E-state index contributed by atoms with van der Waals surface area (Å²) in [6.45, 7) is 4.05. The van der Waals surface area contributed by atoms with Crippen LogP contribution in [0.1, 0.15) is 40.4 Å². The van der Waals surface area contributed by atoms with Crippen molar-refractivity contribution in [3.05, 3.63) is 57.3 Å². The van der Waals surface area contributed by atoms with E-state index >= 15 is 0 Å². The Morgan fingerprint density at radius 2 is 1.85 bits per heavy atom. The van der Waals surface area contributed by atoms with Gasteiger partial charge in [0, 0.05) is 49.3 Å².